The van der Waals surface area contributed by atoms with Gasteiger partial charge in [-0.25, -0.2) is 9.97 Å². The third-order valence-corrected chi connectivity index (χ3v) is 9.74. The predicted octanol–water partition coefficient (Wildman–Crippen LogP) is 10.7. The van der Waals surface area contributed by atoms with Crippen LogP contribution in [0.5, 0.6) is 0 Å². The van der Waals surface area contributed by atoms with Crippen molar-refractivity contribution in [1.29, 1.82) is 0 Å². The van der Waals surface area contributed by atoms with E-state index in [1.165, 1.54) is 21.7 Å². The molecule has 0 radical (unpaired) electrons. The van der Waals surface area contributed by atoms with Crippen LogP contribution < -0.4 is 0 Å². The van der Waals surface area contributed by atoms with Crippen LogP contribution in [0.4, 0.5) is 0 Å². The molecule has 0 amide bonds. The van der Waals surface area contributed by atoms with Gasteiger partial charge in [-0.2, -0.15) is 0 Å². The maximum absolute atomic E-state index is 9.47. The quantitative estimate of drug-likeness (QED) is 0.189. The van der Waals surface area contributed by atoms with Gasteiger partial charge in [0.2, 0.25) is 0 Å². The minimum Gasteiger partial charge on any atom is -0.308 e. The molecule has 0 saturated heterocycles. The van der Waals surface area contributed by atoms with Crippen LogP contribution in [0.3, 0.4) is 0 Å². The summed E-state index contributed by atoms with van der Waals surface area (Å²) in [7, 11) is 0. The molecular formula is C42H24N4. The lowest BCUT2D eigenvalue weighted by Gasteiger charge is -2.15. The van der Waals surface area contributed by atoms with Gasteiger partial charge in [-0.3, -0.25) is 4.57 Å². The highest BCUT2D eigenvalue weighted by Gasteiger charge is 2.24. The zero-order valence-corrected chi connectivity index (χ0v) is 24.6. The van der Waals surface area contributed by atoms with E-state index in [4.69, 9.17) is 9.97 Å². The molecule has 11 aromatic rings. The summed E-state index contributed by atoms with van der Waals surface area (Å²) in [5, 5.41) is 9.16. The molecule has 0 spiro atoms. The van der Waals surface area contributed by atoms with Gasteiger partial charge in [0.25, 0.3) is 0 Å². The molecule has 11 rings (SSSR count). The number of aromatic nitrogens is 4. The Hall–Kier alpha value is -6.26. The van der Waals surface area contributed by atoms with Crippen LogP contribution in [0, 0.1) is 0 Å². The highest BCUT2D eigenvalue weighted by atomic mass is 15.1. The van der Waals surface area contributed by atoms with E-state index in [9.17, 15) is 1.37 Å². The average molecular weight is 586 g/mol. The summed E-state index contributed by atoms with van der Waals surface area (Å²) in [4.78, 5) is 10.8. The first-order valence-electron chi connectivity index (χ1n) is 16.1. The third-order valence-electron chi connectivity index (χ3n) is 9.74. The SMILES string of the molecule is [2H]c1ccc2c3c4c(cccc4n(-c4nc5c(ccc6ccccc65)nc4-c4ccccc4)c13)c1cccc3c4ccccc4n2c13. The number of hydrogen-bond donors (Lipinski definition) is 0. The first-order valence-corrected chi connectivity index (χ1v) is 15.6. The van der Waals surface area contributed by atoms with Gasteiger partial charge in [-0.1, -0.05) is 115 Å². The summed E-state index contributed by atoms with van der Waals surface area (Å²) >= 11 is 0. The molecule has 0 aliphatic heterocycles. The van der Waals surface area contributed by atoms with Gasteiger partial charge >= 0.3 is 0 Å². The number of fused-ring (bicyclic) bond motifs is 8. The number of benzene rings is 7. The van der Waals surface area contributed by atoms with Crippen molar-refractivity contribution < 1.29 is 1.37 Å². The normalized spacial score (nSPS) is 12.7. The lowest BCUT2D eigenvalue weighted by atomic mass is 10.0. The summed E-state index contributed by atoms with van der Waals surface area (Å²) in [6, 6.07) is 49.2. The van der Waals surface area contributed by atoms with Crippen molar-refractivity contribution in [3.63, 3.8) is 0 Å². The number of rotatable bonds is 2. The average Bonchev–Trinajstić information content (AvgIpc) is 3.62. The molecule has 4 heterocycles. The lowest BCUT2D eigenvalue weighted by Crippen LogP contribution is -2.04. The first kappa shape index (κ1) is 23.2. The Morgan fingerprint density at radius 2 is 1.17 bits per heavy atom. The second-order valence-corrected chi connectivity index (χ2v) is 12.1. The molecule has 0 aliphatic carbocycles. The zero-order chi connectivity index (χ0) is 30.8. The van der Waals surface area contributed by atoms with E-state index in [2.05, 4.69) is 124 Å². The zero-order valence-electron chi connectivity index (χ0n) is 25.6. The first-order chi connectivity index (χ1) is 23.3. The van der Waals surface area contributed by atoms with Crippen LogP contribution in [-0.4, -0.2) is 18.9 Å². The van der Waals surface area contributed by atoms with Gasteiger partial charge in [-0.15, -0.1) is 0 Å². The van der Waals surface area contributed by atoms with E-state index < -0.39 is 0 Å². The van der Waals surface area contributed by atoms with E-state index in [1.54, 1.807) is 0 Å². The number of hydrogen-bond acceptors (Lipinski definition) is 2. The smallest absolute Gasteiger partial charge is 0.165 e. The molecule has 46 heavy (non-hydrogen) atoms. The van der Waals surface area contributed by atoms with E-state index in [0.717, 1.165) is 77.1 Å². The molecule has 4 heteroatoms. The minimum absolute atomic E-state index is 0.448. The Bertz CT molecular complexity index is 3080. The molecule has 0 saturated carbocycles. The van der Waals surface area contributed by atoms with Crippen molar-refractivity contribution >= 4 is 81.7 Å². The van der Waals surface area contributed by atoms with Crippen LogP contribution >= 0.6 is 0 Å². The highest BCUT2D eigenvalue weighted by molar-refractivity contribution is 6.31. The lowest BCUT2D eigenvalue weighted by molar-refractivity contribution is 1.08. The van der Waals surface area contributed by atoms with Gasteiger partial charge in [-0.05, 0) is 41.1 Å². The fraction of sp³-hybridized carbons (Fsp3) is 0. The summed E-state index contributed by atoms with van der Waals surface area (Å²) in [5.74, 6) is 0.722. The van der Waals surface area contributed by atoms with Crippen LogP contribution in [0.2, 0.25) is 0 Å². The Balaban J connectivity index is 1.42. The van der Waals surface area contributed by atoms with Crippen LogP contribution in [0.15, 0.2) is 146 Å². The predicted molar refractivity (Wildman–Crippen MR) is 191 cm³/mol. The monoisotopic (exact) mass is 585 g/mol. The number of para-hydroxylation sites is 2. The second kappa shape index (κ2) is 8.68. The fourth-order valence-corrected chi connectivity index (χ4v) is 7.85. The second-order valence-electron chi connectivity index (χ2n) is 12.1. The fourth-order valence-electron chi connectivity index (χ4n) is 7.85. The van der Waals surface area contributed by atoms with Crippen LogP contribution in [0.25, 0.3) is 98.8 Å². The van der Waals surface area contributed by atoms with Crippen molar-refractivity contribution in [2.75, 3.05) is 0 Å². The molecule has 7 aromatic carbocycles. The standard InChI is InChI=1S/C42H24N4/c1-2-12-26(13-3-1)39-42(44-40-27-14-5-4-11-25(27)23-24-32(40)43-39)46-34-20-9-16-29-31-18-8-17-30-28-15-6-7-19-33(28)45(41(30)31)35-21-10-22-36(46)38(35)37(29)34/h1-24H/i22D. The third kappa shape index (κ3) is 2.98. The molecule has 0 aliphatic rings. The maximum Gasteiger partial charge on any atom is 0.165 e. The molecular weight excluding hydrogens is 560 g/mol. The largest absolute Gasteiger partial charge is 0.308 e. The molecule has 0 fully saturated rings. The minimum atomic E-state index is 0.448. The van der Waals surface area contributed by atoms with Crippen LogP contribution in [0.1, 0.15) is 1.37 Å². The van der Waals surface area contributed by atoms with E-state index >= 15 is 0 Å². The van der Waals surface area contributed by atoms with Crippen molar-refractivity contribution in [1.82, 2.24) is 18.9 Å². The molecule has 4 nitrogen and oxygen atoms in total. The van der Waals surface area contributed by atoms with Crippen molar-refractivity contribution in [2.45, 2.75) is 0 Å². The van der Waals surface area contributed by atoms with Crippen molar-refractivity contribution in [3.8, 4) is 17.1 Å². The molecule has 0 N–H and O–H groups in total. The molecule has 4 aromatic heterocycles. The maximum atomic E-state index is 9.47. The molecule has 0 bridgehead atoms. The van der Waals surface area contributed by atoms with Gasteiger partial charge in [0.15, 0.2) is 5.82 Å². The molecule has 212 valence electrons. The summed E-state index contributed by atoms with van der Waals surface area (Å²) in [6.45, 7) is 0. The Morgan fingerprint density at radius 3 is 2.09 bits per heavy atom. The van der Waals surface area contributed by atoms with Gasteiger partial charge in [0.05, 0.1) is 40.0 Å². The Morgan fingerprint density at radius 1 is 0.478 bits per heavy atom. The van der Waals surface area contributed by atoms with Crippen molar-refractivity contribution in [3.05, 3.63) is 146 Å². The van der Waals surface area contributed by atoms with E-state index in [-0.39, 0.29) is 0 Å². The van der Waals surface area contributed by atoms with Crippen molar-refractivity contribution in [2.24, 2.45) is 0 Å². The summed E-state index contributed by atoms with van der Waals surface area (Å²) < 4.78 is 14.1. The van der Waals surface area contributed by atoms with Gasteiger partial charge in [0.1, 0.15) is 5.69 Å². The number of nitrogens with zero attached hydrogens (tertiary/aromatic N) is 4. The Kier molecular flexibility index (Phi) is 4.37. The van der Waals surface area contributed by atoms with E-state index in [1.807, 2.05) is 24.3 Å². The topological polar surface area (TPSA) is 35.1 Å². The van der Waals surface area contributed by atoms with Gasteiger partial charge in [0, 0.05) is 37.9 Å². The summed E-state index contributed by atoms with van der Waals surface area (Å²) in [6.07, 6.45) is 0. The Labute approximate surface area is 264 Å². The molecule has 0 unspecified atom stereocenters. The van der Waals surface area contributed by atoms with Gasteiger partial charge < -0.3 is 4.40 Å². The van der Waals surface area contributed by atoms with Crippen LogP contribution in [-0.2, 0) is 0 Å². The molecule has 0 atom stereocenters. The summed E-state index contributed by atoms with van der Waals surface area (Å²) in [5.41, 5.74) is 8.73. The van der Waals surface area contributed by atoms with E-state index in [0.29, 0.717) is 6.04 Å². The highest BCUT2D eigenvalue weighted by Crippen LogP contribution is 2.44.